The Kier molecular flexibility index (Phi) is 2.85. The van der Waals surface area contributed by atoms with E-state index in [4.69, 9.17) is 0 Å². The van der Waals surface area contributed by atoms with Crippen molar-refractivity contribution in [3.63, 3.8) is 0 Å². The Labute approximate surface area is 113 Å². The molecule has 0 saturated carbocycles. The van der Waals surface area contributed by atoms with Crippen LogP contribution in [0.25, 0.3) is 0 Å². The average Bonchev–Trinajstić information content (AvgIpc) is 2.91. The lowest BCUT2D eigenvalue weighted by Gasteiger charge is -2.14. The molecule has 2 aliphatic heterocycles. The SMILES string of the molecule is O=C1CC(c2ccccc2C2CC(=O)OC2=O)C(=O)O1. The largest absolute Gasteiger partial charge is 0.393 e. The molecule has 0 amide bonds. The molecule has 1 aromatic carbocycles. The lowest BCUT2D eigenvalue weighted by atomic mass is 9.86. The number of carbonyl (C=O) groups is 4. The number of benzene rings is 1. The maximum Gasteiger partial charge on any atom is 0.321 e. The summed E-state index contributed by atoms with van der Waals surface area (Å²) in [5, 5.41) is 0. The molecule has 2 heterocycles. The van der Waals surface area contributed by atoms with Crippen molar-refractivity contribution in [3.8, 4) is 0 Å². The number of esters is 4. The van der Waals surface area contributed by atoms with Gasteiger partial charge < -0.3 is 9.47 Å². The smallest absolute Gasteiger partial charge is 0.321 e. The zero-order valence-corrected chi connectivity index (χ0v) is 10.3. The van der Waals surface area contributed by atoms with Crippen LogP contribution in [0, 0.1) is 0 Å². The Morgan fingerprint density at radius 3 is 1.45 bits per heavy atom. The van der Waals surface area contributed by atoms with Gasteiger partial charge in [-0.25, -0.2) is 0 Å². The summed E-state index contributed by atoms with van der Waals surface area (Å²) in [7, 11) is 0. The van der Waals surface area contributed by atoms with Crippen molar-refractivity contribution < 1.29 is 28.7 Å². The fourth-order valence-electron chi connectivity index (χ4n) is 2.57. The Hall–Kier alpha value is -2.50. The van der Waals surface area contributed by atoms with Gasteiger partial charge in [0.05, 0.1) is 24.7 Å². The molecule has 2 atom stereocenters. The van der Waals surface area contributed by atoms with Gasteiger partial charge in [-0.2, -0.15) is 0 Å². The second-order valence-electron chi connectivity index (χ2n) is 4.73. The second kappa shape index (κ2) is 4.56. The minimum atomic E-state index is -0.720. The van der Waals surface area contributed by atoms with Crippen LogP contribution in [0.15, 0.2) is 24.3 Å². The lowest BCUT2D eigenvalue weighted by Crippen LogP contribution is -2.13. The van der Waals surface area contributed by atoms with Crippen LogP contribution in [0.3, 0.4) is 0 Å². The third kappa shape index (κ3) is 1.99. The first-order chi connectivity index (χ1) is 9.56. The molecule has 20 heavy (non-hydrogen) atoms. The van der Waals surface area contributed by atoms with Crippen LogP contribution in [0.5, 0.6) is 0 Å². The fourth-order valence-corrected chi connectivity index (χ4v) is 2.57. The average molecular weight is 274 g/mol. The maximum absolute atomic E-state index is 11.7. The normalized spacial score (nSPS) is 25.8. The topological polar surface area (TPSA) is 86.7 Å². The highest BCUT2D eigenvalue weighted by molar-refractivity contribution is 6.00. The van der Waals surface area contributed by atoms with E-state index < -0.39 is 35.7 Å². The van der Waals surface area contributed by atoms with Crippen LogP contribution in [0.1, 0.15) is 35.8 Å². The quantitative estimate of drug-likeness (QED) is 0.585. The van der Waals surface area contributed by atoms with Crippen LogP contribution >= 0.6 is 0 Å². The van der Waals surface area contributed by atoms with Crippen LogP contribution in [0.4, 0.5) is 0 Å². The minimum absolute atomic E-state index is 0.0500. The molecule has 0 radical (unpaired) electrons. The van der Waals surface area contributed by atoms with Crippen molar-refractivity contribution in [2.45, 2.75) is 24.7 Å². The van der Waals surface area contributed by atoms with E-state index >= 15 is 0 Å². The second-order valence-corrected chi connectivity index (χ2v) is 4.73. The van der Waals surface area contributed by atoms with Gasteiger partial charge in [-0.1, -0.05) is 24.3 Å². The van der Waals surface area contributed by atoms with Gasteiger partial charge in [0.1, 0.15) is 0 Å². The standard InChI is InChI=1S/C14H10O6/c15-11-5-9(13(17)19-11)7-3-1-2-4-8(7)10-6-12(16)20-14(10)18/h1-4,9-10H,5-6H2. The van der Waals surface area contributed by atoms with E-state index in [-0.39, 0.29) is 12.8 Å². The van der Waals surface area contributed by atoms with Gasteiger partial charge in [0, 0.05) is 0 Å². The Morgan fingerprint density at radius 1 is 0.750 bits per heavy atom. The van der Waals surface area contributed by atoms with Gasteiger partial charge in [0.15, 0.2) is 0 Å². The summed E-state index contributed by atoms with van der Waals surface area (Å²) in [6, 6.07) is 6.74. The summed E-state index contributed by atoms with van der Waals surface area (Å²) in [5.74, 6) is -3.86. The van der Waals surface area contributed by atoms with Gasteiger partial charge in [-0.15, -0.1) is 0 Å². The fraction of sp³-hybridized carbons (Fsp3) is 0.286. The number of hydrogen-bond acceptors (Lipinski definition) is 6. The minimum Gasteiger partial charge on any atom is -0.393 e. The molecule has 0 N–H and O–H groups in total. The lowest BCUT2D eigenvalue weighted by molar-refractivity contribution is -0.154. The predicted molar refractivity (Wildman–Crippen MR) is 63.4 cm³/mol. The summed E-state index contributed by atoms with van der Waals surface area (Å²) in [6.07, 6.45) is -0.100. The van der Waals surface area contributed by atoms with Crippen molar-refractivity contribution in [3.05, 3.63) is 35.4 Å². The zero-order valence-electron chi connectivity index (χ0n) is 10.3. The van der Waals surface area contributed by atoms with Crippen LogP contribution < -0.4 is 0 Å². The summed E-state index contributed by atoms with van der Waals surface area (Å²) in [6.45, 7) is 0. The number of cyclic esters (lactones) is 4. The molecular weight excluding hydrogens is 264 g/mol. The van der Waals surface area contributed by atoms with E-state index in [2.05, 4.69) is 9.47 Å². The van der Waals surface area contributed by atoms with E-state index in [1.54, 1.807) is 24.3 Å². The van der Waals surface area contributed by atoms with Crippen LogP contribution in [-0.2, 0) is 28.7 Å². The molecule has 2 saturated heterocycles. The highest BCUT2D eigenvalue weighted by atomic mass is 16.6. The van der Waals surface area contributed by atoms with Gasteiger partial charge in [-0.3, -0.25) is 19.2 Å². The van der Waals surface area contributed by atoms with E-state index in [1.165, 1.54) is 0 Å². The molecule has 0 aliphatic carbocycles. The Balaban J connectivity index is 2.01. The van der Waals surface area contributed by atoms with Crippen molar-refractivity contribution in [2.75, 3.05) is 0 Å². The van der Waals surface area contributed by atoms with E-state index in [0.717, 1.165) is 0 Å². The summed E-state index contributed by atoms with van der Waals surface area (Å²) in [4.78, 5) is 45.7. The molecule has 3 rings (SSSR count). The van der Waals surface area contributed by atoms with Gasteiger partial charge >= 0.3 is 23.9 Å². The summed E-state index contributed by atoms with van der Waals surface area (Å²) in [5.41, 5.74) is 1.08. The van der Waals surface area contributed by atoms with Crippen molar-refractivity contribution in [2.24, 2.45) is 0 Å². The van der Waals surface area contributed by atoms with Crippen LogP contribution in [-0.4, -0.2) is 23.9 Å². The first kappa shape index (κ1) is 12.5. The predicted octanol–water partition coefficient (Wildman–Crippen LogP) is 0.801. The van der Waals surface area contributed by atoms with Crippen LogP contribution in [0.2, 0.25) is 0 Å². The summed E-state index contributed by atoms with van der Waals surface area (Å²) < 4.78 is 9.07. The number of hydrogen-bond donors (Lipinski definition) is 0. The molecule has 2 fully saturated rings. The Morgan fingerprint density at radius 2 is 1.15 bits per heavy atom. The van der Waals surface area contributed by atoms with Gasteiger partial charge in [-0.05, 0) is 11.1 Å². The van der Waals surface area contributed by atoms with E-state index in [1.807, 2.05) is 0 Å². The molecule has 1 aromatic rings. The van der Waals surface area contributed by atoms with E-state index in [0.29, 0.717) is 11.1 Å². The number of ether oxygens (including phenoxy) is 2. The molecule has 2 unspecified atom stereocenters. The molecule has 2 aliphatic rings. The third-order valence-electron chi connectivity index (χ3n) is 3.49. The van der Waals surface area contributed by atoms with E-state index in [9.17, 15) is 19.2 Å². The van der Waals surface area contributed by atoms with Gasteiger partial charge in [0.2, 0.25) is 0 Å². The number of carbonyl (C=O) groups excluding carboxylic acids is 4. The Bertz CT molecular complexity index is 577. The first-order valence-corrected chi connectivity index (χ1v) is 6.14. The van der Waals surface area contributed by atoms with Crippen molar-refractivity contribution in [1.29, 1.82) is 0 Å². The van der Waals surface area contributed by atoms with Crippen molar-refractivity contribution >= 4 is 23.9 Å². The summed E-state index contributed by atoms with van der Waals surface area (Å²) >= 11 is 0. The third-order valence-corrected chi connectivity index (χ3v) is 3.49. The highest BCUT2D eigenvalue weighted by Crippen LogP contribution is 2.36. The highest BCUT2D eigenvalue weighted by Gasteiger charge is 2.41. The maximum atomic E-state index is 11.7. The molecule has 6 nitrogen and oxygen atoms in total. The molecule has 0 spiro atoms. The molecular formula is C14H10O6. The van der Waals surface area contributed by atoms with Gasteiger partial charge in [0.25, 0.3) is 0 Å². The zero-order chi connectivity index (χ0) is 14.3. The monoisotopic (exact) mass is 274 g/mol. The number of rotatable bonds is 2. The van der Waals surface area contributed by atoms with Crippen molar-refractivity contribution in [1.82, 2.24) is 0 Å². The molecule has 102 valence electrons. The molecule has 6 heteroatoms. The molecule has 0 aromatic heterocycles. The molecule has 0 bridgehead atoms. The first-order valence-electron chi connectivity index (χ1n) is 6.14.